The Balaban J connectivity index is 2.37. The SMILES string of the molecule is C=C(c1ccccn1)c1cccc(C)n1. The molecule has 0 aromatic carbocycles. The normalized spacial score (nSPS) is 9.93. The largest absolute Gasteiger partial charge is 0.256 e. The minimum absolute atomic E-state index is 0.860. The Kier molecular flexibility index (Phi) is 2.59. The molecule has 0 bridgehead atoms. The summed E-state index contributed by atoms with van der Waals surface area (Å²) in [6.45, 7) is 5.98. The zero-order valence-electron chi connectivity index (χ0n) is 8.64. The lowest BCUT2D eigenvalue weighted by molar-refractivity contribution is 1.16. The Hall–Kier alpha value is -1.96. The van der Waals surface area contributed by atoms with Crippen molar-refractivity contribution in [3.63, 3.8) is 0 Å². The molecule has 0 aliphatic rings. The molecule has 2 heterocycles. The minimum atomic E-state index is 0.860. The summed E-state index contributed by atoms with van der Waals surface area (Å²) in [5, 5.41) is 0. The molecule has 74 valence electrons. The summed E-state index contributed by atoms with van der Waals surface area (Å²) < 4.78 is 0. The summed E-state index contributed by atoms with van der Waals surface area (Å²) in [5.41, 5.74) is 3.60. The molecule has 0 aliphatic heterocycles. The third-order valence-electron chi connectivity index (χ3n) is 2.17. The van der Waals surface area contributed by atoms with Gasteiger partial charge in [0.05, 0.1) is 11.4 Å². The summed E-state index contributed by atoms with van der Waals surface area (Å²) in [7, 11) is 0. The number of hydrogen-bond donors (Lipinski definition) is 0. The zero-order valence-corrected chi connectivity index (χ0v) is 8.64. The second-order valence-electron chi connectivity index (χ2n) is 3.36. The van der Waals surface area contributed by atoms with Crippen LogP contribution in [0.1, 0.15) is 17.1 Å². The second kappa shape index (κ2) is 4.05. The van der Waals surface area contributed by atoms with E-state index in [2.05, 4.69) is 16.5 Å². The van der Waals surface area contributed by atoms with Crippen molar-refractivity contribution in [1.82, 2.24) is 9.97 Å². The van der Waals surface area contributed by atoms with Crippen LogP contribution in [0.3, 0.4) is 0 Å². The Morgan fingerprint density at radius 3 is 2.53 bits per heavy atom. The van der Waals surface area contributed by atoms with Gasteiger partial charge < -0.3 is 0 Å². The van der Waals surface area contributed by atoms with E-state index in [9.17, 15) is 0 Å². The second-order valence-corrected chi connectivity index (χ2v) is 3.36. The van der Waals surface area contributed by atoms with Crippen LogP contribution in [-0.4, -0.2) is 9.97 Å². The fraction of sp³-hybridized carbons (Fsp3) is 0.0769. The Labute approximate surface area is 89.3 Å². The van der Waals surface area contributed by atoms with E-state index in [0.29, 0.717) is 0 Å². The van der Waals surface area contributed by atoms with Crippen molar-refractivity contribution < 1.29 is 0 Å². The van der Waals surface area contributed by atoms with E-state index in [1.807, 2.05) is 43.3 Å². The molecule has 0 radical (unpaired) electrons. The molecule has 0 fully saturated rings. The van der Waals surface area contributed by atoms with E-state index >= 15 is 0 Å². The van der Waals surface area contributed by atoms with Crippen LogP contribution in [0, 0.1) is 6.92 Å². The quantitative estimate of drug-likeness (QED) is 0.738. The van der Waals surface area contributed by atoms with Crippen LogP contribution in [0.2, 0.25) is 0 Å². The van der Waals surface area contributed by atoms with Gasteiger partial charge in [-0.05, 0) is 31.2 Å². The van der Waals surface area contributed by atoms with Gasteiger partial charge in [-0.25, -0.2) is 0 Å². The fourth-order valence-corrected chi connectivity index (χ4v) is 1.38. The van der Waals surface area contributed by atoms with E-state index in [4.69, 9.17) is 0 Å². The van der Waals surface area contributed by atoms with Gasteiger partial charge in [0.15, 0.2) is 0 Å². The van der Waals surface area contributed by atoms with Crippen molar-refractivity contribution in [3.05, 3.63) is 66.3 Å². The average Bonchev–Trinajstić information content (AvgIpc) is 2.29. The van der Waals surface area contributed by atoms with Gasteiger partial charge in [0.1, 0.15) is 0 Å². The van der Waals surface area contributed by atoms with Gasteiger partial charge in [-0.2, -0.15) is 0 Å². The molecule has 0 aliphatic carbocycles. The topological polar surface area (TPSA) is 25.8 Å². The number of nitrogens with zero attached hydrogens (tertiary/aromatic N) is 2. The molecular formula is C13H12N2. The molecule has 2 heteroatoms. The van der Waals surface area contributed by atoms with E-state index in [-0.39, 0.29) is 0 Å². The van der Waals surface area contributed by atoms with Gasteiger partial charge in [0, 0.05) is 17.5 Å². The highest BCUT2D eigenvalue weighted by Crippen LogP contribution is 2.17. The highest BCUT2D eigenvalue weighted by Gasteiger charge is 2.03. The first kappa shape index (κ1) is 9.59. The van der Waals surface area contributed by atoms with Gasteiger partial charge in [-0.1, -0.05) is 18.7 Å². The molecule has 0 atom stereocenters. The van der Waals surface area contributed by atoms with Gasteiger partial charge >= 0.3 is 0 Å². The summed E-state index contributed by atoms with van der Waals surface area (Å²) in [4.78, 5) is 8.66. The molecule has 0 spiro atoms. The van der Waals surface area contributed by atoms with Crippen LogP contribution < -0.4 is 0 Å². The van der Waals surface area contributed by atoms with Gasteiger partial charge in [-0.3, -0.25) is 9.97 Å². The zero-order chi connectivity index (χ0) is 10.7. The number of hydrogen-bond acceptors (Lipinski definition) is 2. The van der Waals surface area contributed by atoms with Crippen molar-refractivity contribution in [2.75, 3.05) is 0 Å². The summed E-state index contributed by atoms with van der Waals surface area (Å²) >= 11 is 0. The van der Waals surface area contributed by atoms with Crippen LogP contribution in [0.5, 0.6) is 0 Å². The van der Waals surface area contributed by atoms with E-state index in [1.165, 1.54) is 0 Å². The van der Waals surface area contributed by atoms with Crippen LogP contribution in [0.4, 0.5) is 0 Å². The average molecular weight is 196 g/mol. The van der Waals surface area contributed by atoms with Crippen molar-refractivity contribution in [2.45, 2.75) is 6.92 Å². The molecule has 2 aromatic heterocycles. The van der Waals surface area contributed by atoms with Gasteiger partial charge in [0.25, 0.3) is 0 Å². The smallest absolute Gasteiger partial charge is 0.0720 e. The molecular weight excluding hydrogens is 184 g/mol. The minimum Gasteiger partial charge on any atom is -0.256 e. The summed E-state index contributed by atoms with van der Waals surface area (Å²) in [5.74, 6) is 0. The fourth-order valence-electron chi connectivity index (χ4n) is 1.38. The number of aromatic nitrogens is 2. The molecule has 0 amide bonds. The van der Waals surface area contributed by atoms with Crippen LogP contribution in [-0.2, 0) is 0 Å². The number of aryl methyl sites for hydroxylation is 1. The highest BCUT2D eigenvalue weighted by atomic mass is 14.7. The maximum absolute atomic E-state index is 4.41. The molecule has 2 nitrogen and oxygen atoms in total. The molecule has 0 saturated heterocycles. The standard InChI is InChI=1S/C13H12N2/c1-10-6-5-8-13(15-10)11(2)12-7-3-4-9-14-12/h3-9H,2H2,1H3. The third kappa shape index (κ3) is 2.10. The molecule has 15 heavy (non-hydrogen) atoms. The lowest BCUT2D eigenvalue weighted by Gasteiger charge is -2.04. The van der Waals surface area contributed by atoms with Crippen molar-refractivity contribution >= 4 is 5.57 Å². The first-order valence-corrected chi connectivity index (χ1v) is 4.82. The van der Waals surface area contributed by atoms with Gasteiger partial charge in [0.2, 0.25) is 0 Å². The van der Waals surface area contributed by atoms with Crippen LogP contribution >= 0.6 is 0 Å². The monoisotopic (exact) mass is 196 g/mol. The van der Waals surface area contributed by atoms with Crippen molar-refractivity contribution in [3.8, 4) is 0 Å². The molecule has 2 rings (SSSR count). The predicted octanol–water partition coefficient (Wildman–Crippen LogP) is 2.85. The third-order valence-corrected chi connectivity index (χ3v) is 2.17. The maximum atomic E-state index is 4.41. The van der Waals surface area contributed by atoms with Crippen LogP contribution in [0.25, 0.3) is 5.57 Å². The summed E-state index contributed by atoms with van der Waals surface area (Å²) in [6, 6.07) is 11.7. The Morgan fingerprint density at radius 1 is 1.07 bits per heavy atom. The van der Waals surface area contributed by atoms with E-state index in [0.717, 1.165) is 22.7 Å². The maximum Gasteiger partial charge on any atom is 0.0720 e. The Morgan fingerprint density at radius 2 is 1.87 bits per heavy atom. The lowest BCUT2D eigenvalue weighted by atomic mass is 10.1. The van der Waals surface area contributed by atoms with Gasteiger partial charge in [-0.15, -0.1) is 0 Å². The highest BCUT2D eigenvalue weighted by molar-refractivity contribution is 5.73. The molecule has 0 unspecified atom stereocenters. The Bertz CT molecular complexity index is 475. The lowest BCUT2D eigenvalue weighted by Crippen LogP contribution is -1.93. The first-order valence-electron chi connectivity index (χ1n) is 4.82. The molecule has 0 saturated carbocycles. The number of rotatable bonds is 2. The van der Waals surface area contributed by atoms with Crippen molar-refractivity contribution in [2.24, 2.45) is 0 Å². The molecule has 2 aromatic rings. The van der Waals surface area contributed by atoms with E-state index < -0.39 is 0 Å². The summed E-state index contributed by atoms with van der Waals surface area (Å²) in [6.07, 6.45) is 1.76. The van der Waals surface area contributed by atoms with Crippen molar-refractivity contribution in [1.29, 1.82) is 0 Å². The predicted molar refractivity (Wildman–Crippen MR) is 61.3 cm³/mol. The molecule has 0 N–H and O–H groups in total. The van der Waals surface area contributed by atoms with Crippen LogP contribution in [0.15, 0.2) is 49.2 Å². The number of pyridine rings is 2. The first-order chi connectivity index (χ1) is 7.27. The van der Waals surface area contributed by atoms with E-state index in [1.54, 1.807) is 6.20 Å².